The molecular weight excluding hydrogens is 372 g/mol. The molecule has 9 nitrogen and oxygen atoms in total. The molecule has 1 aliphatic carbocycles. The van der Waals surface area contributed by atoms with Crippen molar-refractivity contribution in [3.05, 3.63) is 17.5 Å². The number of alkyl carbamates (subject to hydrolysis) is 1. The zero-order chi connectivity index (χ0) is 21.1. The van der Waals surface area contributed by atoms with Crippen LogP contribution in [0.4, 0.5) is 4.79 Å². The maximum Gasteiger partial charge on any atom is 0.407 e. The van der Waals surface area contributed by atoms with E-state index in [0.29, 0.717) is 23.9 Å². The average molecular weight is 405 g/mol. The topological polar surface area (TPSA) is 110 Å². The van der Waals surface area contributed by atoms with E-state index in [1.54, 1.807) is 11.7 Å². The van der Waals surface area contributed by atoms with Crippen molar-refractivity contribution >= 4 is 17.8 Å². The van der Waals surface area contributed by atoms with Crippen LogP contribution in [-0.2, 0) is 11.8 Å². The Morgan fingerprint density at radius 1 is 1.28 bits per heavy atom. The second-order valence-electron chi connectivity index (χ2n) is 8.58. The van der Waals surface area contributed by atoms with Crippen molar-refractivity contribution in [1.29, 1.82) is 0 Å². The van der Waals surface area contributed by atoms with Crippen LogP contribution in [0.1, 0.15) is 75.5 Å². The number of carbonyl (C=O) groups excluding carboxylic acids is 2. The van der Waals surface area contributed by atoms with E-state index in [1.807, 2.05) is 33.8 Å². The van der Waals surface area contributed by atoms with Crippen LogP contribution in [0, 0.1) is 5.92 Å². The van der Waals surface area contributed by atoms with Gasteiger partial charge in [0.2, 0.25) is 0 Å². The van der Waals surface area contributed by atoms with Gasteiger partial charge in [-0.3, -0.25) is 9.48 Å². The number of hydrazone groups is 1. The lowest BCUT2D eigenvalue weighted by Gasteiger charge is -2.18. The summed E-state index contributed by atoms with van der Waals surface area (Å²) in [4.78, 5) is 24.4. The molecule has 1 aromatic rings. The average Bonchev–Trinajstić information content (AvgIpc) is 3.33. The molecule has 0 spiro atoms. The van der Waals surface area contributed by atoms with Gasteiger partial charge < -0.3 is 20.8 Å². The van der Waals surface area contributed by atoms with Gasteiger partial charge in [-0.25, -0.2) is 4.79 Å². The number of nitrogens with zero attached hydrogens (tertiary/aromatic N) is 3. The molecule has 0 aromatic carbocycles. The van der Waals surface area contributed by atoms with E-state index in [4.69, 9.17) is 4.74 Å². The molecule has 3 N–H and O–H groups in total. The fourth-order valence-electron chi connectivity index (χ4n) is 3.86. The monoisotopic (exact) mass is 404 g/mol. The minimum atomic E-state index is -0.355. The van der Waals surface area contributed by atoms with Crippen molar-refractivity contribution in [3.63, 3.8) is 0 Å². The molecule has 160 valence electrons. The third kappa shape index (κ3) is 5.27. The summed E-state index contributed by atoms with van der Waals surface area (Å²) in [7, 11) is 1.77. The Balaban J connectivity index is 1.48. The Hall–Kier alpha value is -2.58. The van der Waals surface area contributed by atoms with Gasteiger partial charge >= 0.3 is 6.09 Å². The standard InChI is InChI=1S/C20H32N6O3/c1-11(2)15-9-17(26(5)25-15)19(27)22-18-10-16(23-24-18)13-6-7-14(8-13)29-20(28)21-12(3)4/h9,11-14,16,23H,6-8,10H2,1-5H3,(H,21,28)(H,22,24,27)/t13-,14+,16-/m0/s1. The SMILES string of the molecule is CC(C)NC(=O)O[C@@H]1CC[C@H]([C@@H]2CC(NC(=O)c3cc(C(C)C)nn3C)=NN2)C1. The van der Waals surface area contributed by atoms with E-state index in [9.17, 15) is 9.59 Å². The molecular formula is C20H32N6O3. The number of amidine groups is 1. The maximum atomic E-state index is 12.6. The molecule has 3 atom stereocenters. The van der Waals surface area contributed by atoms with Crippen molar-refractivity contribution in [3.8, 4) is 0 Å². The van der Waals surface area contributed by atoms with Gasteiger partial charge in [0.05, 0.1) is 11.7 Å². The Bertz CT molecular complexity index is 785. The van der Waals surface area contributed by atoms with Crippen LogP contribution >= 0.6 is 0 Å². The fraction of sp³-hybridized carbons (Fsp3) is 0.700. The van der Waals surface area contributed by atoms with Crippen LogP contribution in [0.15, 0.2) is 11.2 Å². The second-order valence-corrected chi connectivity index (χ2v) is 8.58. The molecule has 2 amide bonds. The molecule has 1 fully saturated rings. The van der Waals surface area contributed by atoms with Gasteiger partial charge in [0.15, 0.2) is 0 Å². The zero-order valence-corrected chi connectivity index (χ0v) is 17.9. The predicted octanol–water partition coefficient (Wildman–Crippen LogP) is 2.25. The third-order valence-corrected chi connectivity index (χ3v) is 5.43. The number of aromatic nitrogens is 2. The van der Waals surface area contributed by atoms with Crippen LogP contribution in [0.25, 0.3) is 0 Å². The van der Waals surface area contributed by atoms with Gasteiger partial charge in [0.1, 0.15) is 17.6 Å². The van der Waals surface area contributed by atoms with E-state index in [-0.39, 0.29) is 36.1 Å². The summed E-state index contributed by atoms with van der Waals surface area (Å²) in [6.07, 6.45) is 2.85. The molecule has 0 saturated heterocycles. The van der Waals surface area contributed by atoms with Crippen LogP contribution < -0.4 is 16.1 Å². The number of nitrogens with one attached hydrogen (secondary N) is 3. The molecule has 3 rings (SSSR count). The summed E-state index contributed by atoms with van der Waals surface area (Å²) in [6, 6.07) is 2.03. The minimum absolute atomic E-state index is 0.0619. The van der Waals surface area contributed by atoms with Crippen molar-refractivity contribution in [2.75, 3.05) is 0 Å². The molecule has 2 heterocycles. The molecule has 29 heavy (non-hydrogen) atoms. The molecule has 0 radical (unpaired) electrons. The zero-order valence-electron chi connectivity index (χ0n) is 17.9. The number of ether oxygens (including phenoxy) is 1. The molecule has 0 unspecified atom stereocenters. The predicted molar refractivity (Wildman–Crippen MR) is 110 cm³/mol. The third-order valence-electron chi connectivity index (χ3n) is 5.43. The first-order valence-electron chi connectivity index (χ1n) is 10.4. The Labute approximate surface area is 171 Å². The highest BCUT2D eigenvalue weighted by Crippen LogP contribution is 2.32. The summed E-state index contributed by atoms with van der Waals surface area (Å²) in [5.74, 6) is 1.05. The van der Waals surface area contributed by atoms with Gasteiger partial charge in [-0.2, -0.15) is 10.2 Å². The van der Waals surface area contributed by atoms with Crippen LogP contribution in [0.5, 0.6) is 0 Å². The maximum absolute atomic E-state index is 12.6. The molecule has 0 bridgehead atoms. The first kappa shape index (κ1) is 21.1. The summed E-state index contributed by atoms with van der Waals surface area (Å²) < 4.78 is 7.10. The lowest BCUT2D eigenvalue weighted by atomic mass is 9.96. The number of amides is 2. The first-order chi connectivity index (χ1) is 13.7. The van der Waals surface area contributed by atoms with Crippen LogP contribution in [0.3, 0.4) is 0 Å². The van der Waals surface area contributed by atoms with Gasteiger partial charge in [-0.05, 0) is 51.0 Å². The first-order valence-corrected chi connectivity index (χ1v) is 10.4. The van der Waals surface area contributed by atoms with E-state index < -0.39 is 0 Å². The van der Waals surface area contributed by atoms with Gasteiger partial charge in [0, 0.05) is 19.5 Å². The minimum Gasteiger partial charge on any atom is -0.446 e. The highest BCUT2D eigenvalue weighted by molar-refractivity contribution is 6.06. The van der Waals surface area contributed by atoms with Crippen molar-refractivity contribution < 1.29 is 14.3 Å². The van der Waals surface area contributed by atoms with Crippen LogP contribution in [-0.4, -0.2) is 45.8 Å². The largest absolute Gasteiger partial charge is 0.446 e. The van der Waals surface area contributed by atoms with E-state index in [2.05, 4.69) is 26.3 Å². The van der Waals surface area contributed by atoms with E-state index in [1.165, 1.54) is 0 Å². The van der Waals surface area contributed by atoms with Gasteiger partial charge in [0.25, 0.3) is 5.91 Å². The summed E-state index contributed by atoms with van der Waals surface area (Å²) >= 11 is 0. The van der Waals surface area contributed by atoms with Crippen LogP contribution in [0.2, 0.25) is 0 Å². The fourth-order valence-corrected chi connectivity index (χ4v) is 3.86. The smallest absolute Gasteiger partial charge is 0.407 e. The lowest BCUT2D eigenvalue weighted by Crippen LogP contribution is -2.34. The molecule has 2 aliphatic rings. The quantitative estimate of drug-likeness (QED) is 0.697. The Morgan fingerprint density at radius 3 is 2.69 bits per heavy atom. The number of rotatable bonds is 5. The van der Waals surface area contributed by atoms with Crippen molar-refractivity contribution in [2.45, 2.75) is 77.5 Å². The number of hydrogen-bond acceptors (Lipinski definition) is 6. The Kier molecular flexibility index (Phi) is 6.44. The summed E-state index contributed by atoms with van der Waals surface area (Å²) in [5, 5.41) is 14.4. The number of carbonyl (C=O) groups is 2. The normalized spacial score (nSPS) is 23.8. The number of hydrogen-bond donors (Lipinski definition) is 3. The summed E-state index contributed by atoms with van der Waals surface area (Å²) in [5.41, 5.74) is 4.55. The van der Waals surface area contributed by atoms with E-state index >= 15 is 0 Å². The summed E-state index contributed by atoms with van der Waals surface area (Å²) in [6.45, 7) is 7.90. The van der Waals surface area contributed by atoms with Crippen molar-refractivity contribution in [2.24, 2.45) is 18.1 Å². The molecule has 1 saturated carbocycles. The second kappa shape index (κ2) is 8.84. The van der Waals surface area contributed by atoms with E-state index in [0.717, 1.165) is 25.0 Å². The van der Waals surface area contributed by atoms with Gasteiger partial charge in [-0.15, -0.1) is 0 Å². The molecule has 9 heteroatoms. The van der Waals surface area contributed by atoms with Crippen molar-refractivity contribution in [1.82, 2.24) is 25.8 Å². The highest BCUT2D eigenvalue weighted by atomic mass is 16.6. The van der Waals surface area contributed by atoms with Gasteiger partial charge in [-0.1, -0.05) is 13.8 Å². The highest BCUT2D eigenvalue weighted by Gasteiger charge is 2.36. The number of aryl methyl sites for hydroxylation is 1. The lowest BCUT2D eigenvalue weighted by molar-refractivity contribution is 0.0949. The molecule has 1 aliphatic heterocycles. The molecule has 1 aromatic heterocycles. The Morgan fingerprint density at radius 2 is 2.03 bits per heavy atom.